The smallest absolute Gasteiger partial charge is 0.219 e. The lowest BCUT2D eigenvalue weighted by Crippen LogP contribution is -2.37. The van der Waals surface area contributed by atoms with Gasteiger partial charge in [0.1, 0.15) is 0 Å². The van der Waals surface area contributed by atoms with Crippen LogP contribution in [0.25, 0.3) is 0 Å². The zero-order valence-corrected chi connectivity index (χ0v) is 8.75. The van der Waals surface area contributed by atoms with Crippen LogP contribution in [0.5, 0.6) is 0 Å². The van der Waals surface area contributed by atoms with E-state index in [0.717, 1.165) is 25.7 Å². The van der Waals surface area contributed by atoms with Gasteiger partial charge in [0.15, 0.2) is 0 Å². The molecule has 1 N–H and O–H groups in total. The molecule has 0 radical (unpaired) electrons. The summed E-state index contributed by atoms with van der Waals surface area (Å²) in [4.78, 5) is 11.1. The van der Waals surface area contributed by atoms with E-state index in [4.69, 9.17) is 5.26 Å². The van der Waals surface area contributed by atoms with Gasteiger partial charge in [0.05, 0.1) is 6.07 Å². The Balaban J connectivity index is 2.22. The summed E-state index contributed by atoms with van der Waals surface area (Å²) in [7, 11) is 0. The van der Waals surface area contributed by atoms with Gasteiger partial charge in [-0.2, -0.15) is 5.26 Å². The van der Waals surface area contributed by atoms with Gasteiger partial charge in [-0.15, -0.1) is 0 Å². The molecule has 0 heterocycles. The molecule has 1 amide bonds. The molecule has 1 saturated carbocycles. The van der Waals surface area contributed by atoms with E-state index in [0.29, 0.717) is 24.8 Å². The Morgan fingerprint density at radius 2 is 2.07 bits per heavy atom. The van der Waals surface area contributed by atoms with Gasteiger partial charge in [0.2, 0.25) is 5.91 Å². The fourth-order valence-electron chi connectivity index (χ4n) is 1.97. The molecule has 78 valence electrons. The fraction of sp³-hybridized carbons (Fsp3) is 0.818. The van der Waals surface area contributed by atoms with Crippen molar-refractivity contribution in [3.05, 3.63) is 0 Å². The van der Waals surface area contributed by atoms with E-state index in [-0.39, 0.29) is 5.91 Å². The molecule has 0 spiro atoms. The number of carbonyl (C=O) groups excluding carboxylic acids is 1. The maximum absolute atomic E-state index is 11.1. The van der Waals surface area contributed by atoms with E-state index >= 15 is 0 Å². The first-order valence-electron chi connectivity index (χ1n) is 5.42. The number of nitriles is 1. The Morgan fingerprint density at radius 3 is 2.57 bits per heavy atom. The molecule has 0 unspecified atom stereocenters. The second-order valence-electron chi connectivity index (χ2n) is 4.00. The van der Waals surface area contributed by atoms with Gasteiger partial charge in [-0.1, -0.05) is 6.92 Å². The van der Waals surface area contributed by atoms with E-state index in [2.05, 4.69) is 11.4 Å². The van der Waals surface area contributed by atoms with Gasteiger partial charge in [-0.05, 0) is 31.6 Å². The minimum atomic E-state index is 0.147. The fourth-order valence-corrected chi connectivity index (χ4v) is 1.97. The molecule has 0 saturated heterocycles. The summed E-state index contributed by atoms with van der Waals surface area (Å²) < 4.78 is 0. The van der Waals surface area contributed by atoms with Crippen LogP contribution < -0.4 is 5.32 Å². The summed E-state index contributed by atoms with van der Waals surface area (Å²) in [5.41, 5.74) is 0. The molecule has 0 aliphatic heterocycles. The molecule has 1 aliphatic carbocycles. The maximum Gasteiger partial charge on any atom is 0.219 e. The highest BCUT2D eigenvalue weighted by molar-refractivity contribution is 5.75. The molecule has 3 heteroatoms. The van der Waals surface area contributed by atoms with Crippen LogP contribution in [0.15, 0.2) is 0 Å². The monoisotopic (exact) mass is 194 g/mol. The third-order valence-electron chi connectivity index (χ3n) is 2.91. The van der Waals surface area contributed by atoms with Gasteiger partial charge in [0, 0.05) is 18.9 Å². The summed E-state index contributed by atoms with van der Waals surface area (Å²) in [6.07, 6.45) is 5.49. The number of nitrogens with zero attached hydrogens (tertiary/aromatic N) is 1. The maximum atomic E-state index is 11.1. The first-order valence-corrected chi connectivity index (χ1v) is 5.42. The molecular weight excluding hydrogens is 176 g/mol. The molecule has 0 aromatic rings. The second kappa shape index (κ2) is 5.64. The third kappa shape index (κ3) is 3.37. The van der Waals surface area contributed by atoms with Crippen LogP contribution >= 0.6 is 0 Å². The van der Waals surface area contributed by atoms with Crippen LogP contribution in [0.3, 0.4) is 0 Å². The Hall–Kier alpha value is -1.04. The Kier molecular flexibility index (Phi) is 4.45. The molecule has 0 atom stereocenters. The average molecular weight is 194 g/mol. The molecule has 1 fully saturated rings. The summed E-state index contributed by atoms with van der Waals surface area (Å²) in [6.45, 7) is 1.87. The van der Waals surface area contributed by atoms with Gasteiger partial charge < -0.3 is 5.32 Å². The van der Waals surface area contributed by atoms with Crippen LogP contribution in [0.2, 0.25) is 0 Å². The minimum Gasteiger partial charge on any atom is -0.353 e. The Labute approximate surface area is 85.5 Å². The Bertz CT molecular complexity index is 224. The summed E-state index contributed by atoms with van der Waals surface area (Å²) >= 11 is 0. The van der Waals surface area contributed by atoms with Crippen molar-refractivity contribution >= 4 is 5.91 Å². The molecule has 0 bridgehead atoms. The zero-order chi connectivity index (χ0) is 10.4. The standard InChI is InChI=1S/C11H18N2O/c1-2-11(14)13-10-5-3-9(4-6-10)7-8-12/h9-10H,2-7H2,1H3,(H,13,14). The Morgan fingerprint density at radius 1 is 1.43 bits per heavy atom. The minimum absolute atomic E-state index is 0.147. The van der Waals surface area contributed by atoms with Crippen molar-refractivity contribution in [1.82, 2.24) is 5.32 Å². The van der Waals surface area contributed by atoms with Crippen LogP contribution in [-0.4, -0.2) is 11.9 Å². The number of amides is 1. The summed E-state index contributed by atoms with van der Waals surface area (Å²) in [6, 6.07) is 2.58. The molecule has 1 aliphatic rings. The van der Waals surface area contributed by atoms with Crippen molar-refractivity contribution in [3.8, 4) is 6.07 Å². The first-order chi connectivity index (χ1) is 6.76. The van der Waals surface area contributed by atoms with Crippen molar-refractivity contribution < 1.29 is 4.79 Å². The van der Waals surface area contributed by atoms with E-state index in [9.17, 15) is 4.79 Å². The van der Waals surface area contributed by atoms with Crippen molar-refractivity contribution in [2.24, 2.45) is 5.92 Å². The van der Waals surface area contributed by atoms with Crippen LogP contribution in [0, 0.1) is 17.2 Å². The lowest BCUT2D eigenvalue weighted by molar-refractivity contribution is -0.121. The molecule has 0 aromatic carbocycles. The number of nitrogens with one attached hydrogen (secondary N) is 1. The van der Waals surface area contributed by atoms with Crippen LogP contribution in [-0.2, 0) is 4.79 Å². The van der Waals surface area contributed by atoms with E-state index in [1.165, 1.54) is 0 Å². The average Bonchev–Trinajstić information content (AvgIpc) is 2.21. The highest BCUT2D eigenvalue weighted by Crippen LogP contribution is 2.26. The van der Waals surface area contributed by atoms with E-state index in [1.807, 2.05) is 6.92 Å². The zero-order valence-electron chi connectivity index (χ0n) is 8.75. The lowest BCUT2D eigenvalue weighted by atomic mass is 9.84. The lowest BCUT2D eigenvalue weighted by Gasteiger charge is -2.27. The van der Waals surface area contributed by atoms with Crippen LogP contribution in [0.4, 0.5) is 0 Å². The topological polar surface area (TPSA) is 52.9 Å². The summed E-state index contributed by atoms with van der Waals surface area (Å²) in [5.74, 6) is 0.712. The van der Waals surface area contributed by atoms with Gasteiger partial charge >= 0.3 is 0 Å². The van der Waals surface area contributed by atoms with Crippen molar-refractivity contribution in [2.75, 3.05) is 0 Å². The van der Waals surface area contributed by atoms with Crippen molar-refractivity contribution in [2.45, 2.75) is 51.5 Å². The predicted molar refractivity (Wildman–Crippen MR) is 54.4 cm³/mol. The highest BCUT2D eigenvalue weighted by Gasteiger charge is 2.21. The SMILES string of the molecule is CCC(=O)NC1CCC(CC#N)CC1. The number of hydrogen-bond acceptors (Lipinski definition) is 2. The van der Waals surface area contributed by atoms with E-state index < -0.39 is 0 Å². The summed E-state index contributed by atoms with van der Waals surface area (Å²) in [5, 5.41) is 11.6. The molecule has 3 nitrogen and oxygen atoms in total. The van der Waals surface area contributed by atoms with Crippen molar-refractivity contribution in [1.29, 1.82) is 5.26 Å². The largest absolute Gasteiger partial charge is 0.353 e. The number of rotatable bonds is 3. The predicted octanol–water partition coefficient (Wildman–Crippen LogP) is 1.99. The molecule has 0 aromatic heterocycles. The second-order valence-corrected chi connectivity index (χ2v) is 4.00. The van der Waals surface area contributed by atoms with Gasteiger partial charge in [-0.3, -0.25) is 4.79 Å². The van der Waals surface area contributed by atoms with Gasteiger partial charge in [-0.25, -0.2) is 0 Å². The number of carbonyl (C=O) groups is 1. The van der Waals surface area contributed by atoms with Crippen molar-refractivity contribution in [3.63, 3.8) is 0 Å². The third-order valence-corrected chi connectivity index (χ3v) is 2.91. The van der Waals surface area contributed by atoms with Gasteiger partial charge in [0.25, 0.3) is 0 Å². The van der Waals surface area contributed by atoms with Crippen LogP contribution in [0.1, 0.15) is 45.4 Å². The molecule has 1 rings (SSSR count). The molecule has 14 heavy (non-hydrogen) atoms. The molecular formula is C11H18N2O. The normalized spacial score (nSPS) is 26.6. The first kappa shape index (κ1) is 11.0. The quantitative estimate of drug-likeness (QED) is 0.747. The van der Waals surface area contributed by atoms with E-state index in [1.54, 1.807) is 0 Å². The highest BCUT2D eigenvalue weighted by atomic mass is 16.1. The number of hydrogen-bond donors (Lipinski definition) is 1.